The van der Waals surface area contributed by atoms with E-state index < -0.39 is 5.60 Å². The van der Waals surface area contributed by atoms with Crippen LogP contribution in [0.25, 0.3) is 0 Å². The first-order valence-electron chi connectivity index (χ1n) is 4.90. The number of ketones is 1. The molecule has 0 rings (SSSR count). The number of allylic oxidation sites excluding steroid dienone is 3. The Morgan fingerprint density at radius 2 is 2.07 bits per heavy atom. The van der Waals surface area contributed by atoms with Crippen LogP contribution in [0.5, 0.6) is 0 Å². The van der Waals surface area contributed by atoms with Crippen LogP contribution in [0.2, 0.25) is 0 Å². The van der Waals surface area contributed by atoms with Crippen LogP contribution in [0.1, 0.15) is 34.1 Å². The van der Waals surface area contributed by atoms with Gasteiger partial charge in [-0.15, -0.1) is 0 Å². The van der Waals surface area contributed by atoms with Crippen LogP contribution < -0.4 is 0 Å². The van der Waals surface area contributed by atoms with Crippen molar-refractivity contribution in [3.05, 3.63) is 24.3 Å². The predicted octanol–water partition coefficient (Wildman–Crippen LogP) is 2.89. The van der Waals surface area contributed by atoms with Crippen molar-refractivity contribution >= 4 is 5.78 Å². The summed E-state index contributed by atoms with van der Waals surface area (Å²) < 4.78 is 5.35. The molecule has 0 saturated heterocycles. The fraction of sp³-hybridized carbons (Fsp3) is 0.583. The Balaban J connectivity index is 4.27. The third-order valence-electron chi connectivity index (χ3n) is 2.11. The van der Waals surface area contributed by atoms with E-state index in [1.165, 1.54) is 0 Å². The van der Waals surface area contributed by atoms with Gasteiger partial charge in [-0.25, -0.2) is 0 Å². The van der Waals surface area contributed by atoms with Crippen LogP contribution in [0.3, 0.4) is 0 Å². The summed E-state index contributed by atoms with van der Waals surface area (Å²) in [6.07, 6.45) is 4.02. The maximum Gasteiger partial charge on any atom is 0.167 e. The average molecular weight is 196 g/mol. The maximum atomic E-state index is 11.7. The van der Waals surface area contributed by atoms with Crippen LogP contribution >= 0.6 is 0 Å². The van der Waals surface area contributed by atoms with Crippen molar-refractivity contribution in [2.75, 3.05) is 6.61 Å². The van der Waals surface area contributed by atoms with Crippen LogP contribution in [0.15, 0.2) is 24.3 Å². The minimum Gasteiger partial charge on any atom is -0.368 e. The summed E-state index contributed by atoms with van der Waals surface area (Å²) in [5.41, 5.74) is 0.345. The van der Waals surface area contributed by atoms with Gasteiger partial charge in [0.1, 0.15) is 5.60 Å². The fourth-order valence-corrected chi connectivity index (χ4v) is 1.02. The molecule has 0 radical (unpaired) electrons. The maximum absolute atomic E-state index is 11.7. The number of hydrogen-bond donors (Lipinski definition) is 0. The van der Waals surface area contributed by atoms with Crippen molar-refractivity contribution in [3.8, 4) is 0 Å². The lowest BCUT2D eigenvalue weighted by molar-refractivity contribution is -0.138. The molecule has 0 spiro atoms. The quantitative estimate of drug-likeness (QED) is 0.610. The van der Waals surface area contributed by atoms with Gasteiger partial charge in [-0.3, -0.25) is 4.79 Å². The Bertz CT molecular complexity index is 237. The van der Waals surface area contributed by atoms with Gasteiger partial charge in [0.25, 0.3) is 0 Å². The lowest BCUT2D eigenvalue weighted by Crippen LogP contribution is -2.34. The summed E-state index contributed by atoms with van der Waals surface area (Å²) >= 11 is 0. The van der Waals surface area contributed by atoms with E-state index in [2.05, 4.69) is 6.58 Å². The highest BCUT2D eigenvalue weighted by molar-refractivity contribution is 5.87. The van der Waals surface area contributed by atoms with Gasteiger partial charge in [0.15, 0.2) is 5.78 Å². The zero-order valence-electron chi connectivity index (χ0n) is 9.59. The SMILES string of the molecule is C=CC(C)=CCC(=O)C(C)(C)OCC. The molecular weight excluding hydrogens is 176 g/mol. The van der Waals surface area contributed by atoms with Crippen LogP contribution in [0.4, 0.5) is 0 Å². The van der Waals surface area contributed by atoms with Crippen molar-refractivity contribution in [1.82, 2.24) is 0 Å². The van der Waals surface area contributed by atoms with Gasteiger partial charge in [-0.1, -0.05) is 24.3 Å². The van der Waals surface area contributed by atoms with E-state index >= 15 is 0 Å². The highest BCUT2D eigenvalue weighted by Crippen LogP contribution is 2.13. The zero-order valence-corrected chi connectivity index (χ0v) is 9.59. The molecule has 0 aromatic carbocycles. The summed E-state index contributed by atoms with van der Waals surface area (Å²) in [4.78, 5) is 11.7. The van der Waals surface area contributed by atoms with Crippen molar-refractivity contribution in [2.45, 2.75) is 39.7 Å². The Morgan fingerprint density at radius 3 is 2.50 bits per heavy atom. The van der Waals surface area contributed by atoms with E-state index in [-0.39, 0.29) is 5.78 Å². The smallest absolute Gasteiger partial charge is 0.167 e. The summed E-state index contributed by atoms with van der Waals surface area (Å²) in [5.74, 6) is 0.0977. The molecule has 0 saturated carbocycles. The van der Waals surface area contributed by atoms with Crippen LogP contribution in [-0.2, 0) is 9.53 Å². The molecule has 0 aromatic rings. The molecule has 0 atom stereocenters. The first-order chi connectivity index (χ1) is 6.44. The van der Waals surface area contributed by atoms with E-state index in [1.54, 1.807) is 19.9 Å². The van der Waals surface area contributed by atoms with Gasteiger partial charge in [-0.05, 0) is 27.7 Å². The molecule has 2 nitrogen and oxygen atoms in total. The molecule has 0 aliphatic rings. The first kappa shape index (κ1) is 13.1. The van der Waals surface area contributed by atoms with E-state index in [4.69, 9.17) is 4.74 Å². The predicted molar refractivity (Wildman–Crippen MR) is 59.3 cm³/mol. The molecule has 0 unspecified atom stereocenters. The van der Waals surface area contributed by atoms with Gasteiger partial charge in [-0.2, -0.15) is 0 Å². The fourth-order valence-electron chi connectivity index (χ4n) is 1.02. The molecule has 2 heteroatoms. The Hall–Kier alpha value is -0.890. The minimum absolute atomic E-state index is 0.0977. The topological polar surface area (TPSA) is 26.3 Å². The number of ether oxygens (including phenoxy) is 1. The zero-order chi connectivity index (χ0) is 11.2. The second-order valence-corrected chi connectivity index (χ2v) is 3.72. The molecular formula is C12H20O2. The van der Waals surface area contributed by atoms with Crippen molar-refractivity contribution in [3.63, 3.8) is 0 Å². The molecule has 14 heavy (non-hydrogen) atoms. The van der Waals surface area contributed by atoms with E-state index in [0.29, 0.717) is 13.0 Å². The molecule has 0 aliphatic heterocycles. The highest BCUT2D eigenvalue weighted by Gasteiger charge is 2.26. The number of Topliss-reactive ketones (excluding diaryl/α,β-unsaturated/α-hetero) is 1. The normalized spacial score (nSPS) is 12.7. The number of rotatable bonds is 6. The van der Waals surface area contributed by atoms with E-state index in [1.807, 2.05) is 19.9 Å². The van der Waals surface area contributed by atoms with Crippen molar-refractivity contribution in [1.29, 1.82) is 0 Å². The molecule has 0 aromatic heterocycles. The largest absolute Gasteiger partial charge is 0.368 e. The van der Waals surface area contributed by atoms with Gasteiger partial charge in [0.2, 0.25) is 0 Å². The second-order valence-electron chi connectivity index (χ2n) is 3.72. The van der Waals surface area contributed by atoms with Gasteiger partial charge < -0.3 is 4.74 Å². The van der Waals surface area contributed by atoms with Crippen molar-refractivity contribution in [2.24, 2.45) is 0 Å². The van der Waals surface area contributed by atoms with Gasteiger partial charge in [0, 0.05) is 13.0 Å². The third kappa shape index (κ3) is 4.38. The van der Waals surface area contributed by atoms with Crippen molar-refractivity contribution < 1.29 is 9.53 Å². The average Bonchev–Trinajstić information content (AvgIpc) is 2.13. The summed E-state index contributed by atoms with van der Waals surface area (Å²) in [7, 11) is 0. The summed E-state index contributed by atoms with van der Waals surface area (Å²) in [6, 6.07) is 0. The lowest BCUT2D eigenvalue weighted by Gasteiger charge is -2.22. The Kier molecular flexibility index (Phi) is 5.39. The Labute approximate surface area is 86.6 Å². The number of carbonyl (C=O) groups excluding carboxylic acids is 1. The number of hydrogen-bond acceptors (Lipinski definition) is 2. The molecule has 0 N–H and O–H groups in total. The lowest BCUT2D eigenvalue weighted by atomic mass is 10.00. The molecule has 0 heterocycles. The molecule has 0 amide bonds. The number of carbonyl (C=O) groups is 1. The van der Waals surface area contributed by atoms with E-state index in [9.17, 15) is 4.79 Å². The first-order valence-corrected chi connectivity index (χ1v) is 4.90. The van der Waals surface area contributed by atoms with Gasteiger partial charge in [0.05, 0.1) is 0 Å². The third-order valence-corrected chi connectivity index (χ3v) is 2.11. The standard InChI is InChI=1S/C12H20O2/c1-6-10(3)8-9-11(13)12(4,5)14-7-2/h6,8H,1,7,9H2,2-5H3. The Morgan fingerprint density at radius 1 is 1.50 bits per heavy atom. The minimum atomic E-state index is -0.674. The van der Waals surface area contributed by atoms with E-state index in [0.717, 1.165) is 5.57 Å². The molecule has 0 aliphatic carbocycles. The highest BCUT2D eigenvalue weighted by atomic mass is 16.5. The molecule has 0 fully saturated rings. The van der Waals surface area contributed by atoms with Crippen LogP contribution in [0, 0.1) is 0 Å². The monoisotopic (exact) mass is 196 g/mol. The second kappa shape index (κ2) is 5.76. The molecule has 80 valence electrons. The summed E-state index contributed by atoms with van der Waals surface area (Å²) in [5, 5.41) is 0. The van der Waals surface area contributed by atoms with Gasteiger partial charge >= 0.3 is 0 Å². The molecule has 0 bridgehead atoms. The summed E-state index contributed by atoms with van der Waals surface area (Å²) in [6.45, 7) is 11.6. The van der Waals surface area contributed by atoms with Crippen LogP contribution in [-0.4, -0.2) is 18.0 Å².